The van der Waals surface area contributed by atoms with Gasteiger partial charge in [-0.05, 0) is 66.7 Å². The molecule has 1 saturated carbocycles. The molecule has 18 heavy (non-hydrogen) atoms. The molecule has 0 aliphatic heterocycles. The highest BCUT2D eigenvalue weighted by molar-refractivity contribution is 9.10. The maximum atomic E-state index is 5.72. The molecule has 0 bridgehead atoms. The minimum Gasteiger partial charge on any atom is -0.453 e. The van der Waals surface area contributed by atoms with Gasteiger partial charge in [-0.1, -0.05) is 6.92 Å². The number of nitrogens with one attached hydrogen (secondary N) is 1. The summed E-state index contributed by atoms with van der Waals surface area (Å²) in [5, 5.41) is 3.56. The molecular weight excluding hydrogens is 294 g/mol. The molecule has 1 aromatic rings. The highest BCUT2D eigenvalue weighted by Crippen LogP contribution is 2.42. The summed E-state index contributed by atoms with van der Waals surface area (Å²) < 4.78 is 12.2. The quantitative estimate of drug-likeness (QED) is 0.824. The molecule has 0 saturated heterocycles. The Hall–Kier alpha value is -0.320. The van der Waals surface area contributed by atoms with Crippen molar-refractivity contribution in [2.24, 2.45) is 0 Å². The van der Waals surface area contributed by atoms with Gasteiger partial charge in [0.15, 0.2) is 4.67 Å². The minimum atomic E-state index is 0.0602. The van der Waals surface area contributed by atoms with E-state index in [1.807, 2.05) is 19.2 Å². The molecule has 0 radical (unpaired) electrons. The topological polar surface area (TPSA) is 34.4 Å². The molecule has 1 N–H and O–H groups in total. The third-order valence-electron chi connectivity index (χ3n) is 3.85. The van der Waals surface area contributed by atoms with E-state index < -0.39 is 0 Å². The summed E-state index contributed by atoms with van der Waals surface area (Å²) in [6, 6.07) is 4.24. The van der Waals surface area contributed by atoms with Gasteiger partial charge in [0, 0.05) is 7.11 Å². The van der Waals surface area contributed by atoms with Crippen molar-refractivity contribution in [1.82, 2.24) is 5.32 Å². The number of hydrogen-bond acceptors (Lipinski definition) is 3. The van der Waals surface area contributed by atoms with Gasteiger partial charge in [0.2, 0.25) is 0 Å². The Bertz CT molecular complexity index is 368. The molecule has 1 aromatic heterocycles. The molecule has 3 nitrogen and oxygen atoms in total. The second kappa shape index (κ2) is 6.22. The number of ether oxygens (including phenoxy) is 1. The average Bonchev–Trinajstić information content (AvgIpc) is 2.74. The van der Waals surface area contributed by atoms with Gasteiger partial charge in [-0.2, -0.15) is 0 Å². The van der Waals surface area contributed by atoms with Crippen LogP contribution in [0.1, 0.15) is 50.8 Å². The lowest BCUT2D eigenvalue weighted by atomic mass is 9.75. The van der Waals surface area contributed by atoms with Crippen molar-refractivity contribution in [2.75, 3.05) is 13.7 Å². The van der Waals surface area contributed by atoms with Crippen LogP contribution in [-0.2, 0) is 4.74 Å². The van der Waals surface area contributed by atoms with Crippen molar-refractivity contribution in [1.29, 1.82) is 0 Å². The summed E-state index contributed by atoms with van der Waals surface area (Å²) in [5.41, 5.74) is 0.0602. The summed E-state index contributed by atoms with van der Waals surface area (Å²) in [6.45, 7) is 3.18. The lowest BCUT2D eigenvalue weighted by Gasteiger charge is -2.42. The first kappa shape index (κ1) is 14.1. The van der Waals surface area contributed by atoms with E-state index in [2.05, 4.69) is 28.2 Å². The van der Waals surface area contributed by atoms with Crippen LogP contribution in [0.4, 0.5) is 0 Å². The fourth-order valence-electron chi connectivity index (χ4n) is 2.54. The van der Waals surface area contributed by atoms with Crippen LogP contribution in [0.3, 0.4) is 0 Å². The molecule has 0 aromatic carbocycles. The SMILES string of the molecule is CCCNC(CC1(OC)CCC1)c1ccc(Br)o1. The second-order valence-electron chi connectivity index (χ2n) is 5.09. The van der Waals surface area contributed by atoms with E-state index in [1.54, 1.807) is 0 Å². The fraction of sp³-hybridized carbons (Fsp3) is 0.714. The normalized spacial score (nSPS) is 19.5. The van der Waals surface area contributed by atoms with Crippen LogP contribution in [0, 0.1) is 0 Å². The number of halogens is 1. The van der Waals surface area contributed by atoms with Crippen LogP contribution in [0.5, 0.6) is 0 Å². The summed E-state index contributed by atoms with van der Waals surface area (Å²) in [5.74, 6) is 0.999. The molecular formula is C14H22BrNO2. The van der Waals surface area contributed by atoms with Crippen LogP contribution < -0.4 is 5.32 Å². The summed E-state index contributed by atoms with van der Waals surface area (Å²) in [6.07, 6.45) is 5.71. The number of rotatable bonds is 7. The van der Waals surface area contributed by atoms with Gasteiger partial charge < -0.3 is 14.5 Å². The van der Waals surface area contributed by atoms with Gasteiger partial charge >= 0.3 is 0 Å². The number of hydrogen-bond donors (Lipinski definition) is 1. The van der Waals surface area contributed by atoms with Gasteiger partial charge in [-0.15, -0.1) is 0 Å². The van der Waals surface area contributed by atoms with Crippen molar-refractivity contribution >= 4 is 15.9 Å². The zero-order chi connectivity index (χ0) is 13.0. The Balaban J connectivity index is 2.05. The molecule has 0 amide bonds. The predicted molar refractivity (Wildman–Crippen MR) is 75.7 cm³/mol. The van der Waals surface area contributed by atoms with E-state index in [9.17, 15) is 0 Å². The summed E-state index contributed by atoms with van der Waals surface area (Å²) in [7, 11) is 1.83. The molecule has 1 aliphatic carbocycles. The Morgan fingerprint density at radius 2 is 2.28 bits per heavy atom. The van der Waals surface area contributed by atoms with E-state index in [-0.39, 0.29) is 11.6 Å². The molecule has 2 rings (SSSR count). The van der Waals surface area contributed by atoms with E-state index in [0.29, 0.717) is 0 Å². The molecule has 102 valence electrons. The second-order valence-corrected chi connectivity index (χ2v) is 5.87. The Morgan fingerprint density at radius 1 is 1.50 bits per heavy atom. The zero-order valence-electron chi connectivity index (χ0n) is 11.2. The van der Waals surface area contributed by atoms with E-state index >= 15 is 0 Å². The van der Waals surface area contributed by atoms with Gasteiger partial charge in [-0.3, -0.25) is 0 Å². The Labute approximate surface area is 117 Å². The maximum absolute atomic E-state index is 5.72. The minimum absolute atomic E-state index is 0.0602. The monoisotopic (exact) mass is 315 g/mol. The van der Waals surface area contributed by atoms with E-state index in [0.717, 1.165) is 42.7 Å². The van der Waals surface area contributed by atoms with Crippen LogP contribution in [-0.4, -0.2) is 19.3 Å². The first-order chi connectivity index (χ1) is 8.69. The highest BCUT2D eigenvalue weighted by atomic mass is 79.9. The summed E-state index contributed by atoms with van der Waals surface area (Å²) >= 11 is 3.37. The molecule has 4 heteroatoms. The average molecular weight is 316 g/mol. The van der Waals surface area contributed by atoms with Crippen molar-refractivity contribution in [2.45, 2.75) is 50.7 Å². The largest absolute Gasteiger partial charge is 0.453 e. The fourth-order valence-corrected chi connectivity index (χ4v) is 2.86. The molecule has 1 atom stereocenters. The Morgan fingerprint density at radius 3 is 2.72 bits per heavy atom. The molecule has 1 aliphatic rings. The number of methoxy groups -OCH3 is 1. The molecule has 1 fully saturated rings. The van der Waals surface area contributed by atoms with E-state index in [1.165, 1.54) is 6.42 Å². The predicted octanol–water partition coefficient (Wildman–Crippen LogP) is 4.04. The van der Waals surface area contributed by atoms with Gasteiger partial charge in [0.1, 0.15) is 5.76 Å². The van der Waals surface area contributed by atoms with Gasteiger partial charge in [0.25, 0.3) is 0 Å². The van der Waals surface area contributed by atoms with Crippen molar-refractivity contribution < 1.29 is 9.15 Å². The third kappa shape index (κ3) is 3.16. The van der Waals surface area contributed by atoms with Crippen molar-refractivity contribution in [3.8, 4) is 0 Å². The lowest BCUT2D eigenvalue weighted by Crippen LogP contribution is -2.42. The first-order valence-electron chi connectivity index (χ1n) is 6.73. The smallest absolute Gasteiger partial charge is 0.169 e. The molecule has 0 spiro atoms. The van der Waals surface area contributed by atoms with Crippen molar-refractivity contribution in [3.63, 3.8) is 0 Å². The Kier molecular flexibility index (Phi) is 4.87. The zero-order valence-corrected chi connectivity index (χ0v) is 12.8. The highest BCUT2D eigenvalue weighted by Gasteiger charge is 2.39. The van der Waals surface area contributed by atoms with Crippen molar-refractivity contribution in [3.05, 3.63) is 22.6 Å². The third-order valence-corrected chi connectivity index (χ3v) is 4.28. The molecule has 1 unspecified atom stereocenters. The standard InChI is InChI=1S/C14H22BrNO2/c1-3-9-16-11(12-5-6-13(15)18-12)10-14(17-2)7-4-8-14/h5-6,11,16H,3-4,7-10H2,1-2H3. The summed E-state index contributed by atoms with van der Waals surface area (Å²) in [4.78, 5) is 0. The van der Waals surface area contributed by atoms with Crippen LogP contribution in [0.15, 0.2) is 21.2 Å². The first-order valence-corrected chi connectivity index (χ1v) is 7.52. The van der Waals surface area contributed by atoms with Crippen LogP contribution in [0.25, 0.3) is 0 Å². The van der Waals surface area contributed by atoms with E-state index in [4.69, 9.17) is 9.15 Å². The van der Waals surface area contributed by atoms with Crippen LogP contribution in [0.2, 0.25) is 0 Å². The maximum Gasteiger partial charge on any atom is 0.169 e. The molecule has 1 heterocycles. The lowest BCUT2D eigenvalue weighted by molar-refractivity contribution is -0.0849. The number of furan rings is 1. The van der Waals surface area contributed by atoms with Gasteiger partial charge in [-0.25, -0.2) is 0 Å². The van der Waals surface area contributed by atoms with Crippen LogP contribution >= 0.6 is 15.9 Å². The van der Waals surface area contributed by atoms with Gasteiger partial charge in [0.05, 0.1) is 11.6 Å².